The zero-order valence-electron chi connectivity index (χ0n) is 13.4. The highest BCUT2D eigenvalue weighted by Crippen LogP contribution is 2.21. The molecule has 22 heavy (non-hydrogen) atoms. The lowest BCUT2D eigenvalue weighted by Gasteiger charge is -2.07. The van der Waals surface area contributed by atoms with Crippen molar-refractivity contribution in [1.29, 1.82) is 0 Å². The maximum absolute atomic E-state index is 12.4. The molecule has 0 aromatic carbocycles. The summed E-state index contributed by atoms with van der Waals surface area (Å²) in [6.07, 6.45) is 2.62. The first-order chi connectivity index (χ1) is 10.7. The van der Waals surface area contributed by atoms with Gasteiger partial charge in [0.25, 0.3) is 5.91 Å². The number of hydrogen-bond donors (Lipinski definition) is 1. The Labute approximate surface area is 130 Å². The third kappa shape index (κ3) is 3.57. The minimum atomic E-state index is -0.129. The first kappa shape index (κ1) is 16.3. The van der Waals surface area contributed by atoms with Crippen LogP contribution < -0.4 is 10.1 Å². The predicted molar refractivity (Wildman–Crippen MR) is 84.5 cm³/mol. The van der Waals surface area contributed by atoms with Gasteiger partial charge < -0.3 is 14.8 Å². The lowest BCUT2D eigenvalue weighted by Crippen LogP contribution is -2.27. The number of pyridine rings is 1. The van der Waals surface area contributed by atoms with Crippen LogP contribution in [0.25, 0.3) is 5.65 Å². The molecule has 2 aromatic heterocycles. The summed E-state index contributed by atoms with van der Waals surface area (Å²) in [5, 5.41) is 2.91. The third-order valence-corrected chi connectivity index (χ3v) is 3.26. The van der Waals surface area contributed by atoms with Gasteiger partial charge in [0.15, 0.2) is 11.4 Å². The highest BCUT2D eigenvalue weighted by Gasteiger charge is 2.18. The monoisotopic (exact) mass is 305 g/mol. The number of amides is 1. The molecule has 6 heteroatoms. The summed E-state index contributed by atoms with van der Waals surface area (Å²) in [5.74, 6) is 0.554. The van der Waals surface area contributed by atoms with Crippen molar-refractivity contribution in [2.24, 2.45) is 0 Å². The number of fused-ring (bicyclic) bond motifs is 1. The Morgan fingerprint density at radius 1 is 1.36 bits per heavy atom. The number of hydrogen-bond acceptors (Lipinski definition) is 4. The van der Waals surface area contributed by atoms with Gasteiger partial charge in [-0.2, -0.15) is 0 Å². The zero-order chi connectivity index (χ0) is 15.9. The molecule has 6 nitrogen and oxygen atoms in total. The molecule has 120 valence electrons. The average molecular weight is 305 g/mol. The fourth-order valence-electron chi connectivity index (χ4n) is 2.30. The summed E-state index contributed by atoms with van der Waals surface area (Å²) in [4.78, 5) is 16.9. The number of aromatic nitrogens is 2. The van der Waals surface area contributed by atoms with Crippen molar-refractivity contribution in [2.45, 2.75) is 27.2 Å². The molecule has 0 bridgehead atoms. The fraction of sp³-hybridized carbons (Fsp3) is 0.500. The van der Waals surface area contributed by atoms with Crippen molar-refractivity contribution >= 4 is 11.6 Å². The highest BCUT2D eigenvalue weighted by molar-refractivity contribution is 5.94. The summed E-state index contributed by atoms with van der Waals surface area (Å²) < 4.78 is 12.6. The van der Waals surface area contributed by atoms with E-state index in [9.17, 15) is 4.79 Å². The Morgan fingerprint density at radius 3 is 2.91 bits per heavy atom. The van der Waals surface area contributed by atoms with Gasteiger partial charge in [0, 0.05) is 26.0 Å². The lowest BCUT2D eigenvalue weighted by atomic mass is 10.3. The molecule has 0 spiro atoms. The molecule has 2 rings (SSSR count). The topological polar surface area (TPSA) is 64.9 Å². The van der Waals surface area contributed by atoms with Crippen LogP contribution in [0.5, 0.6) is 5.75 Å². The number of ether oxygens (including phenoxy) is 2. The van der Waals surface area contributed by atoms with Crippen LogP contribution in [0, 0.1) is 6.92 Å². The van der Waals surface area contributed by atoms with Gasteiger partial charge in [-0.3, -0.25) is 9.20 Å². The van der Waals surface area contributed by atoms with E-state index < -0.39 is 0 Å². The lowest BCUT2D eigenvalue weighted by molar-refractivity contribution is 0.0938. The second-order valence-corrected chi connectivity index (χ2v) is 4.85. The first-order valence-electron chi connectivity index (χ1n) is 7.65. The molecule has 0 fully saturated rings. The van der Waals surface area contributed by atoms with Crippen LogP contribution in [0.4, 0.5) is 0 Å². The van der Waals surface area contributed by atoms with E-state index in [4.69, 9.17) is 9.47 Å². The summed E-state index contributed by atoms with van der Waals surface area (Å²) in [7, 11) is 0. The molecule has 0 radical (unpaired) electrons. The Balaban J connectivity index is 2.15. The van der Waals surface area contributed by atoms with Crippen LogP contribution in [0.1, 0.15) is 36.5 Å². The van der Waals surface area contributed by atoms with Gasteiger partial charge in [0.05, 0.1) is 12.3 Å². The van der Waals surface area contributed by atoms with E-state index in [0.29, 0.717) is 49.1 Å². The standard InChI is InChI=1S/C16H23N3O3/c1-4-21-11-7-9-17-16(20)14-12(3)18-15-13(22-5-2)8-6-10-19(14)15/h6,8,10H,4-5,7,9,11H2,1-3H3,(H,17,20). The van der Waals surface area contributed by atoms with Gasteiger partial charge in [-0.1, -0.05) is 0 Å². The van der Waals surface area contributed by atoms with Crippen molar-refractivity contribution in [2.75, 3.05) is 26.4 Å². The van der Waals surface area contributed by atoms with Gasteiger partial charge in [-0.05, 0) is 39.3 Å². The van der Waals surface area contributed by atoms with E-state index in [1.165, 1.54) is 0 Å². The summed E-state index contributed by atoms with van der Waals surface area (Å²) in [6, 6.07) is 3.71. The Morgan fingerprint density at radius 2 is 2.18 bits per heavy atom. The molecular formula is C16H23N3O3. The second kappa shape index (κ2) is 7.79. The summed E-state index contributed by atoms with van der Waals surface area (Å²) in [5.41, 5.74) is 1.91. The van der Waals surface area contributed by atoms with E-state index in [-0.39, 0.29) is 5.91 Å². The second-order valence-electron chi connectivity index (χ2n) is 4.85. The molecule has 0 saturated carbocycles. The minimum Gasteiger partial charge on any atom is -0.490 e. The number of aryl methyl sites for hydroxylation is 1. The summed E-state index contributed by atoms with van der Waals surface area (Å²) >= 11 is 0. The van der Waals surface area contributed by atoms with Crippen LogP contribution in [0.15, 0.2) is 18.3 Å². The van der Waals surface area contributed by atoms with Crippen molar-refractivity contribution in [3.8, 4) is 5.75 Å². The quantitative estimate of drug-likeness (QED) is 0.759. The van der Waals surface area contributed by atoms with Crippen LogP contribution in [-0.4, -0.2) is 41.7 Å². The predicted octanol–water partition coefficient (Wildman–Crippen LogP) is 2.20. The van der Waals surface area contributed by atoms with E-state index in [0.717, 1.165) is 6.42 Å². The minimum absolute atomic E-state index is 0.129. The van der Waals surface area contributed by atoms with Gasteiger partial charge in [0.2, 0.25) is 0 Å². The molecule has 0 aliphatic carbocycles. The molecular weight excluding hydrogens is 282 g/mol. The first-order valence-corrected chi connectivity index (χ1v) is 7.65. The normalized spacial score (nSPS) is 10.9. The van der Waals surface area contributed by atoms with Crippen LogP contribution in [0.3, 0.4) is 0 Å². The Bertz CT molecular complexity index is 637. The Kier molecular flexibility index (Phi) is 5.77. The van der Waals surface area contributed by atoms with Crippen molar-refractivity contribution < 1.29 is 14.3 Å². The zero-order valence-corrected chi connectivity index (χ0v) is 13.4. The third-order valence-electron chi connectivity index (χ3n) is 3.26. The smallest absolute Gasteiger partial charge is 0.270 e. The molecule has 2 heterocycles. The summed E-state index contributed by atoms with van der Waals surface area (Å²) in [6.45, 7) is 8.19. The molecule has 1 N–H and O–H groups in total. The highest BCUT2D eigenvalue weighted by atomic mass is 16.5. The van der Waals surface area contributed by atoms with Gasteiger partial charge in [-0.15, -0.1) is 0 Å². The number of imidazole rings is 1. The fourth-order valence-corrected chi connectivity index (χ4v) is 2.30. The molecule has 0 unspecified atom stereocenters. The average Bonchev–Trinajstić information content (AvgIpc) is 2.84. The number of carbonyl (C=O) groups excluding carboxylic acids is 1. The van der Waals surface area contributed by atoms with Gasteiger partial charge in [0.1, 0.15) is 5.69 Å². The molecule has 1 amide bonds. The SMILES string of the molecule is CCOCCCNC(=O)c1c(C)nc2c(OCC)cccn12. The number of carbonyl (C=O) groups is 1. The van der Waals surface area contributed by atoms with E-state index in [1.54, 1.807) is 4.40 Å². The van der Waals surface area contributed by atoms with E-state index >= 15 is 0 Å². The number of rotatable bonds is 8. The van der Waals surface area contributed by atoms with Gasteiger partial charge in [-0.25, -0.2) is 4.98 Å². The van der Waals surface area contributed by atoms with Crippen molar-refractivity contribution in [3.63, 3.8) is 0 Å². The van der Waals surface area contributed by atoms with E-state index in [1.807, 2.05) is 39.1 Å². The number of nitrogens with one attached hydrogen (secondary N) is 1. The maximum atomic E-state index is 12.4. The molecule has 0 aliphatic rings. The van der Waals surface area contributed by atoms with Crippen LogP contribution in [0.2, 0.25) is 0 Å². The van der Waals surface area contributed by atoms with Crippen LogP contribution >= 0.6 is 0 Å². The molecule has 0 saturated heterocycles. The van der Waals surface area contributed by atoms with Crippen molar-refractivity contribution in [1.82, 2.24) is 14.7 Å². The maximum Gasteiger partial charge on any atom is 0.270 e. The largest absolute Gasteiger partial charge is 0.490 e. The van der Waals surface area contributed by atoms with Crippen LogP contribution in [-0.2, 0) is 4.74 Å². The molecule has 2 aromatic rings. The van der Waals surface area contributed by atoms with Crippen molar-refractivity contribution in [3.05, 3.63) is 29.7 Å². The number of nitrogens with zero attached hydrogens (tertiary/aromatic N) is 2. The molecule has 0 aliphatic heterocycles. The molecule has 0 atom stereocenters. The van der Waals surface area contributed by atoms with E-state index in [2.05, 4.69) is 10.3 Å². The van der Waals surface area contributed by atoms with Gasteiger partial charge >= 0.3 is 0 Å². The Hall–Kier alpha value is -2.08.